The number of benzene rings is 1. The van der Waals surface area contributed by atoms with Crippen LogP contribution >= 0.6 is 0 Å². The molecule has 1 aromatic carbocycles. The molecule has 16 heteroatoms. The molecule has 1 aliphatic rings. The number of hydrogen-bond acceptors (Lipinski definition) is 11. The number of carbonyl (C=O) groups is 2. The highest BCUT2D eigenvalue weighted by molar-refractivity contribution is 6.03. The van der Waals surface area contributed by atoms with E-state index in [4.69, 9.17) is 9.47 Å². The number of morpholine rings is 1. The van der Waals surface area contributed by atoms with Gasteiger partial charge >= 0.3 is 12.1 Å². The first-order chi connectivity index (χ1) is 20.0. The molecule has 2 N–H and O–H groups in total. The maximum atomic E-state index is 12.4. The lowest BCUT2D eigenvalue weighted by atomic mass is 10.3. The van der Waals surface area contributed by atoms with Crippen molar-refractivity contribution in [2.75, 3.05) is 62.5 Å². The molecule has 224 valence electrons. The summed E-state index contributed by atoms with van der Waals surface area (Å²) in [6.45, 7) is 6.79. The van der Waals surface area contributed by atoms with Gasteiger partial charge in [-0.05, 0) is 26.2 Å². The molecule has 0 atom stereocenters. The van der Waals surface area contributed by atoms with Gasteiger partial charge in [0.25, 0.3) is 5.91 Å². The molecule has 1 aliphatic heterocycles. The van der Waals surface area contributed by atoms with Crippen molar-refractivity contribution < 1.29 is 37.0 Å². The second-order valence-corrected chi connectivity index (χ2v) is 9.30. The van der Waals surface area contributed by atoms with E-state index in [0.29, 0.717) is 44.2 Å². The Kier molecular flexibility index (Phi) is 9.59. The first-order valence-electron chi connectivity index (χ1n) is 12.7. The van der Waals surface area contributed by atoms with Crippen molar-refractivity contribution in [3.05, 3.63) is 55.2 Å². The van der Waals surface area contributed by atoms with Crippen LogP contribution in [0.25, 0.3) is 0 Å². The monoisotopic (exact) mass is 590 g/mol. The average Bonchev–Trinajstić information content (AvgIpc) is 3.39. The molecule has 0 aliphatic carbocycles. The Morgan fingerprint density at radius 1 is 1.17 bits per heavy atom. The van der Waals surface area contributed by atoms with Crippen LogP contribution in [0.3, 0.4) is 0 Å². The quantitative estimate of drug-likeness (QED) is 0.194. The van der Waals surface area contributed by atoms with Crippen LogP contribution in [0.5, 0.6) is 11.6 Å². The van der Waals surface area contributed by atoms with Crippen molar-refractivity contribution in [1.82, 2.24) is 24.6 Å². The normalized spacial score (nSPS) is 13.5. The van der Waals surface area contributed by atoms with Crippen LogP contribution in [-0.2, 0) is 25.6 Å². The molecule has 0 bridgehead atoms. The van der Waals surface area contributed by atoms with Gasteiger partial charge in [-0.25, -0.2) is 9.78 Å². The molecule has 4 rings (SSSR count). The lowest BCUT2D eigenvalue weighted by Gasteiger charge is -2.29. The fourth-order valence-corrected chi connectivity index (χ4v) is 3.66. The number of hydrogen-bond donors (Lipinski definition) is 2. The summed E-state index contributed by atoms with van der Waals surface area (Å²) in [6, 6.07) is 6.03. The Morgan fingerprint density at radius 2 is 1.93 bits per heavy atom. The van der Waals surface area contributed by atoms with Gasteiger partial charge in [0.15, 0.2) is 5.76 Å². The number of esters is 1. The third-order valence-corrected chi connectivity index (χ3v) is 5.76. The Hall–Kier alpha value is -4.70. The van der Waals surface area contributed by atoms with E-state index in [-0.39, 0.29) is 23.3 Å². The van der Waals surface area contributed by atoms with E-state index >= 15 is 0 Å². The summed E-state index contributed by atoms with van der Waals surface area (Å²) < 4.78 is 54.7. The summed E-state index contributed by atoms with van der Waals surface area (Å²) >= 11 is 0. The van der Waals surface area contributed by atoms with E-state index in [1.165, 1.54) is 12.1 Å². The summed E-state index contributed by atoms with van der Waals surface area (Å²) in [5, 5.41) is 9.77. The molecule has 3 heterocycles. The molecule has 1 fully saturated rings. The number of amides is 1. The van der Waals surface area contributed by atoms with Gasteiger partial charge in [-0.15, -0.1) is 0 Å². The third kappa shape index (κ3) is 8.40. The first kappa shape index (κ1) is 30.3. The largest absolute Gasteiger partial charge is 0.491 e. The number of halogens is 3. The van der Waals surface area contributed by atoms with Gasteiger partial charge in [0, 0.05) is 37.6 Å². The van der Waals surface area contributed by atoms with Crippen LogP contribution in [0, 0.1) is 0 Å². The molecule has 0 saturated carbocycles. The lowest BCUT2D eigenvalue weighted by molar-refractivity contribution is -0.195. The standard InChI is InChI=1S/C26H29F3N8O5/c1-17(41-24(39)26(27,28)29)22(38)32-18-5-4-6-20(13-18)42-23-21(36-9-11-40-12-10-36)15-30-25(34-23)33-19-14-31-37(16-19)8-7-35(2)3/h4-6,13-16H,1,7-12H2,2-3H3,(H,32,38)(H,30,33,34). The van der Waals surface area contributed by atoms with Crippen LogP contribution in [0.4, 0.5) is 36.2 Å². The molecular weight excluding hydrogens is 561 g/mol. The average molecular weight is 591 g/mol. The van der Waals surface area contributed by atoms with Crippen LogP contribution in [0.1, 0.15) is 0 Å². The Labute approximate surface area is 238 Å². The second-order valence-electron chi connectivity index (χ2n) is 9.30. The molecule has 0 radical (unpaired) electrons. The number of rotatable bonds is 11. The molecule has 1 amide bonds. The van der Waals surface area contributed by atoms with Crippen molar-refractivity contribution in [1.29, 1.82) is 0 Å². The fraction of sp³-hybridized carbons (Fsp3) is 0.346. The molecule has 2 aromatic heterocycles. The van der Waals surface area contributed by atoms with Crippen molar-refractivity contribution in [3.8, 4) is 11.6 Å². The van der Waals surface area contributed by atoms with Crippen LogP contribution in [0.2, 0.25) is 0 Å². The van der Waals surface area contributed by atoms with Crippen LogP contribution in [-0.4, -0.2) is 89.6 Å². The van der Waals surface area contributed by atoms with E-state index in [9.17, 15) is 22.8 Å². The predicted molar refractivity (Wildman–Crippen MR) is 146 cm³/mol. The van der Waals surface area contributed by atoms with Gasteiger partial charge in [0.05, 0.1) is 37.8 Å². The first-order valence-corrected chi connectivity index (χ1v) is 12.7. The highest BCUT2D eigenvalue weighted by Crippen LogP contribution is 2.33. The Morgan fingerprint density at radius 3 is 2.64 bits per heavy atom. The maximum absolute atomic E-state index is 12.4. The molecule has 0 spiro atoms. The fourth-order valence-electron chi connectivity index (χ4n) is 3.66. The molecular formula is C26H29F3N8O5. The van der Waals surface area contributed by atoms with Gasteiger partial charge in [-0.2, -0.15) is 23.3 Å². The molecule has 42 heavy (non-hydrogen) atoms. The van der Waals surface area contributed by atoms with E-state index < -0.39 is 23.8 Å². The summed E-state index contributed by atoms with van der Waals surface area (Å²) in [5.74, 6) is -4.00. The molecule has 3 aromatic rings. The number of nitrogens with one attached hydrogen (secondary N) is 2. The zero-order valence-corrected chi connectivity index (χ0v) is 22.8. The Balaban J connectivity index is 1.51. The molecule has 1 saturated heterocycles. The van der Waals surface area contributed by atoms with Crippen molar-refractivity contribution in [2.45, 2.75) is 12.7 Å². The van der Waals surface area contributed by atoms with E-state index in [1.807, 2.05) is 30.1 Å². The Bertz CT molecular complexity index is 1420. The number of anilines is 4. The second kappa shape index (κ2) is 13.3. The minimum atomic E-state index is -5.27. The number of ether oxygens (including phenoxy) is 3. The number of carbonyl (C=O) groups excluding carboxylic acids is 2. The number of nitrogens with zero attached hydrogens (tertiary/aromatic N) is 6. The number of aromatic nitrogens is 4. The van der Waals surface area contributed by atoms with Gasteiger partial charge in [0.2, 0.25) is 11.8 Å². The van der Waals surface area contributed by atoms with Crippen molar-refractivity contribution in [2.24, 2.45) is 0 Å². The minimum absolute atomic E-state index is 0.146. The highest BCUT2D eigenvalue weighted by atomic mass is 19.4. The minimum Gasteiger partial charge on any atom is -0.437 e. The highest BCUT2D eigenvalue weighted by Gasteiger charge is 2.42. The maximum Gasteiger partial charge on any atom is 0.491 e. The molecule has 13 nitrogen and oxygen atoms in total. The molecule has 0 unspecified atom stereocenters. The number of alkyl halides is 3. The summed E-state index contributed by atoms with van der Waals surface area (Å²) in [6.07, 6.45) is -0.166. The van der Waals surface area contributed by atoms with Crippen molar-refractivity contribution >= 4 is 34.9 Å². The summed E-state index contributed by atoms with van der Waals surface area (Å²) in [5.41, 5.74) is 1.43. The summed E-state index contributed by atoms with van der Waals surface area (Å²) in [7, 11) is 3.95. The van der Waals surface area contributed by atoms with Crippen LogP contribution < -0.4 is 20.3 Å². The van der Waals surface area contributed by atoms with E-state index in [0.717, 1.165) is 6.54 Å². The van der Waals surface area contributed by atoms with Gasteiger partial charge in [-0.3, -0.25) is 9.48 Å². The number of likely N-dealkylation sites (N-methyl/N-ethyl adjacent to an activating group) is 1. The zero-order valence-electron chi connectivity index (χ0n) is 22.8. The van der Waals surface area contributed by atoms with Crippen LogP contribution in [0.15, 0.2) is 55.2 Å². The zero-order chi connectivity index (χ0) is 30.3. The predicted octanol–water partition coefficient (Wildman–Crippen LogP) is 3.16. The van der Waals surface area contributed by atoms with Gasteiger partial charge in [0.1, 0.15) is 11.4 Å². The lowest BCUT2D eigenvalue weighted by Crippen LogP contribution is -2.36. The van der Waals surface area contributed by atoms with Gasteiger partial charge in [-0.1, -0.05) is 12.6 Å². The van der Waals surface area contributed by atoms with E-state index in [2.05, 4.69) is 37.0 Å². The third-order valence-electron chi connectivity index (χ3n) is 5.76. The summed E-state index contributed by atoms with van der Waals surface area (Å²) in [4.78, 5) is 36.3. The smallest absolute Gasteiger partial charge is 0.437 e. The van der Waals surface area contributed by atoms with E-state index in [1.54, 1.807) is 29.2 Å². The van der Waals surface area contributed by atoms with Gasteiger partial charge < -0.3 is 34.6 Å². The van der Waals surface area contributed by atoms with Crippen molar-refractivity contribution in [3.63, 3.8) is 0 Å². The topological polar surface area (TPSA) is 136 Å². The SMILES string of the molecule is C=C(OC(=O)C(F)(F)F)C(=O)Nc1cccc(Oc2nc(Nc3cnn(CCN(C)C)c3)ncc2N2CCOCC2)c1.